The van der Waals surface area contributed by atoms with Crippen LogP contribution < -0.4 is 11.1 Å². The van der Waals surface area contributed by atoms with Crippen LogP contribution in [0.2, 0.25) is 0 Å². The maximum atomic E-state index is 12.3. The molecule has 4 N–H and O–H groups in total. The third-order valence-corrected chi connectivity index (χ3v) is 4.00. The van der Waals surface area contributed by atoms with E-state index in [9.17, 15) is 20.0 Å². The number of hydrogen-bond acceptors (Lipinski definition) is 5. The predicted octanol–water partition coefficient (Wildman–Crippen LogP) is 1.76. The normalized spacial score (nSPS) is 25.4. The maximum absolute atomic E-state index is 12.3. The van der Waals surface area contributed by atoms with E-state index in [4.69, 9.17) is 5.73 Å². The number of phenols is 1. The number of nitro benzene ring substituents is 1. The van der Waals surface area contributed by atoms with Crippen LogP contribution in [0.3, 0.4) is 0 Å². The Balaban J connectivity index is 2.31. The maximum Gasteiger partial charge on any atom is 0.296 e. The van der Waals surface area contributed by atoms with Gasteiger partial charge in [0.1, 0.15) is 5.75 Å². The molecule has 20 heavy (non-hydrogen) atoms. The number of phenolic OH excluding ortho intramolecular Hbond substituents is 1. The molecule has 1 aliphatic rings. The van der Waals surface area contributed by atoms with Gasteiger partial charge in [-0.1, -0.05) is 12.5 Å². The number of nitrogens with one attached hydrogen (secondary N) is 1. The van der Waals surface area contributed by atoms with Crippen molar-refractivity contribution in [1.29, 1.82) is 0 Å². The van der Waals surface area contributed by atoms with Gasteiger partial charge in [-0.2, -0.15) is 0 Å². The lowest BCUT2D eigenvalue weighted by atomic mass is 9.84. The van der Waals surface area contributed by atoms with Crippen LogP contribution in [0, 0.1) is 15.5 Å². The minimum atomic E-state index is -0.768. The first-order valence-corrected chi connectivity index (χ1v) is 6.39. The van der Waals surface area contributed by atoms with Crippen LogP contribution in [0.25, 0.3) is 0 Å². The highest BCUT2D eigenvalue weighted by molar-refractivity contribution is 5.99. The molecule has 2 rings (SSSR count). The van der Waals surface area contributed by atoms with Crippen molar-refractivity contribution in [2.24, 2.45) is 11.1 Å². The molecule has 0 heterocycles. The fraction of sp³-hybridized carbons (Fsp3) is 0.462. The molecule has 1 aliphatic carbocycles. The third-order valence-electron chi connectivity index (χ3n) is 4.00. The van der Waals surface area contributed by atoms with E-state index in [1.807, 2.05) is 0 Å². The van der Waals surface area contributed by atoms with Gasteiger partial charge in [0.15, 0.2) is 5.69 Å². The number of amides is 1. The fourth-order valence-electron chi connectivity index (χ4n) is 2.54. The van der Waals surface area contributed by atoms with E-state index in [-0.39, 0.29) is 23.2 Å². The Bertz CT molecular complexity index is 561. The molecule has 1 aromatic rings. The van der Waals surface area contributed by atoms with E-state index >= 15 is 0 Å². The van der Waals surface area contributed by atoms with Gasteiger partial charge in [-0.25, -0.2) is 0 Å². The van der Waals surface area contributed by atoms with Crippen LogP contribution in [-0.2, 0) is 4.79 Å². The van der Waals surface area contributed by atoms with Gasteiger partial charge in [0.25, 0.3) is 5.69 Å². The second-order valence-corrected chi connectivity index (χ2v) is 5.30. The average molecular weight is 279 g/mol. The van der Waals surface area contributed by atoms with Crippen LogP contribution in [0.1, 0.15) is 26.2 Å². The first-order chi connectivity index (χ1) is 9.36. The molecule has 7 heteroatoms. The number of nitrogens with zero attached hydrogens (tertiary/aromatic N) is 1. The van der Waals surface area contributed by atoms with Crippen molar-refractivity contribution in [3.63, 3.8) is 0 Å². The van der Waals surface area contributed by atoms with E-state index < -0.39 is 16.2 Å². The number of carbonyl (C=O) groups is 1. The van der Waals surface area contributed by atoms with Gasteiger partial charge in [0.05, 0.1) is 10.3 Å². The highest BCUT2D eigenvalue weighted by Crippen LogP contribution is 2.40. The van der Waals surface area contributed by atoms with Gasteiger partial charge in [-0.15, -0.1) is 0 Å². The molecule has 108 valence electrons. The molecule has 0 saturated heterocycles. The molecule has 1 fully saturated rings. The Morgan fingerprint density at radius 3 is 2.85 bits per heavy atom. The number of rotatable bonds is 3. The lowest BCUT2D eigenvalue weighted by Gasteiger charge is -2.27. The van der Waals surface area contributed by atoms with Gasteiger partial charge in [-0.05, 0) is 25.8 Å². The summed E-state index contributed by atoms with van der Waals surface area (Å²) in [4.78, 5) is 22.6. The molecule has 0 bridgehead atoms. The average Bonchev–Trinajstić information content (AvgIpc) is 2.73. The summed E-state index contributed by atoms with van der Waals surface area (Å²) in [5.41, 5.74) is 4.66. The number of para-hydroxylation sites is 1. The second kappa shape index (κ2) is 5.09. The van der Waals surface area contributed by atoms with Crippen molar-refractivity contribution < 1.29 is 14.8 Å². The number of anilines is 1. The Kier molecular flexibility index (Phi) is 3.63. The van der Waals surface area contributed by atoms with Gasteiger partial charge in [0.2, 0.25) is 5.91 Å². The monoisotopic (exact) mass is 279 g/mol. The zero-order valence-corrected chi connectivity index (χ0v) is 11.1. The predicted molar refractivity (Wildman–Crippen MR) is 73.3 cm³/mol. The summed E-state index contributed by atoms with van der Waals surface area (Å²) in [5, 5.41) is 23.1. The molecular formula is C13H17N3O4. The first-order valence-electron chi connectivity index (χ1n) is 6.39. The Labute approximate surface area is 115 Å². The van der Waals surface area contributed by atoms with Gasteiger partial charge >= 0.3 is 0 Å². The van der Waals surface area contributed by atoms with E-state index in [1.54, 1.807) is 6.92 Å². The molecule has 7 nitrogen and oxygen atoms in total. The Morgan fingerprint density at radius 1 is 1.60 bits per heavy atom. The number of benzene rings is 1. The summed E-state index contributed by atoms with van der Waals surface area (Å²) in [5.74, 6) is -0.727. The Hall–Kier alpha value is -2.15. The lowest BCUT2D eigenvalue weighted by molar-refractivity contribution is -0.384. The number of aromatic hydroxyl groups is 1. The number of nitro groups is 1. The van der Waals surface area contributed by atoms with Crippen LogP contribution in [-0.4, -0.2) is 22.0 Å². The highest BCUT2D eigenvalue weighted by atomic mass is 16.6. The lowest BCUT2D eigenvalue weighted by Crippen LogP contribution is -2.44. The van der Waals surface area contributed by atoms with E-state index in [1.165, 1.54) is 18.2 Å². The smallest absolute Gasteiger partial charge is 0.296 e. The third kappa shape index (κ3) is 2.32. The van der Waals surface area contributed by atoms with Gasteiger partial charge < -0.3 is 16.2 Å². The molecular weight excluding hydrogens is 262 g/mol. The van der Waals surface area contributed by atoms with Crippen molar-refractivity contribution >= 4 is 17.3 Å². The van der Waals surface area contributed by atoms with Gasteiger partial charge in [-0.3, -0.25) is 14.9 Å². The van der Waals surface area contributed by atoms with Crippen LogP contribution >= 0.6 is 0 Å². The summed E-state index contributed by atoms with van der Waals surface area (Å²) in [7, 11) is 0. The van der Waals surface area contributed by atoms with Crippen molar-refractivity contribution in [2.45, 2.75) is 32.2 Å². The molecule has 1 aromatic carbocycles. The van der Waals surface area contributed by atoms with E-state index in [0.29, 0.717) is 6.42 Å². The summed E-state index contributed by atoms with van der Waals surface area (Å²) in [6.07, 6.45) is 2.21. The highest BCUT2D eigenvalue weighted by Gasteiger charge is 2.43. The van der Waals surface area contributed by atoms with Crippen molar-refractivity contribution in [3.05, 3.63) is 28.3 Å². The molecule has 0 spiro atoms. The van der Waals surface area contributed by atoms with Crippen molar-refractivity contribution in [2.75, 3.05) is 5.32 Å². The van der Waals surface area contributed by atoms with Crippen LogP contribution in [0.5, 0.6) is 5.75 Å². The molecule has 0 aliphatic heterocycles. The number of carbonyl (C=O) groups excluding carboxylic acids is 1. The standard InChI is InChI=1S/C13H17N3O4/c1-13(7-3-6-10(13)14)12(18)15-11-8(16(19)20)4-2-5-9(11)17/h2,4-5,10,17H,3,6-7,14H2,1H3,(H,15,18). The molecule has 0 aromatic heterocycles. The summed E-state index contributed by atoms with van der Waals surface area (Å²) < 4.78 is 0. The first kappa shape index (κ1) is 14.3. The van der Waals surface area contributed by atoms with Gasteiger partial charge in [0, 0.05) is 12.1 Å². The van der Waals surface area contributed by atoms with E-state index in [0.717, 1.165) is 12.8 Å². The zero-order valence-electron chi connectivity index (χ0n) is 11.1. The Morgan fingerprint density at radius 2 is 2.30 bits per heavy atom. The van der Waals surface area contributed by atoms with Crippen molar-refractivity contribution in [1.82, 2.24) is 0 Å². The molecule has 2 unspecified atom stereocenters. The topological polar surface area (TPSA) is 118 Å². The molecule has 2 atom stereocenters. The quantitative estimate of drug-likeness (QED) is 0.442. The zero-order chi connectivity index (χ0) is 14.9. The van der Waals surface area contributed by atoms with Crippen LogP contribution in [0.4, 0.5) is 11.4 Å². The summed E-state index contributed by atoms with van der Waals surface area (Å²) >= 11 is 0. The van der Waals surface area contributed by atoms with Crippen molar-refractivity contribution in [3.8, 4) is 5.75 Å². The summed E-state index contributed by atoms with van der Waals surface area (Å²) in [6, 6.07) is 3.59. The number of hydrogen-bond donors (Lipinski definition) is 3. The second-order valence-electron chi connectivity index (χ2n) is 5.30. The molecule has 0 radical (unpaired) electrons. The van der Waals surface area contributed by atoms with E-state index in [2.05, 4.69) is 5.32 Å². The minimum absolute atomic E-state index is 0.178. The SMILES string of the molecule is CC1(C(=O)Nc2c(O)cccc2[N+](=O)[O-])CCCC1N. The summed E-state index contributed by atoms with van der Waals surface area (Å²) in [6.45, 7) is 1.74. The number of nitrogens with two attached hydrogens (primary N) is 1. The molecule has 1 amide bonds. The molecule has 1 saturated carbocycles. The van der Waals surface area contributed by atoms with Crippen LogP contribution in [0.15, 0.2) is 18.2 Å². The minimum Gasteiger partial charge on any atom is -0.505 e. The fourth-order valence-corrected chi connectivity index (χ4v) is 2.54. The largest absolute Gasteiger partial charge is 0.505 e.